The van der Waals surface area contributed by atoms with Crippen LogP contribution in [0.2, 0.25) is 0 Å². The molecule has 4 unspecified atom stereocenters. The molecule has 0 saturated carbocycles. The zero-order valence-corrected chi connectivity index (χ0v) is 17.2. The fourth-order valence-corrected chi connectivity index (χ4v) is 5.09. The molecule has 0 amide bonds. The van der Waals surface area contributed by atoms with Gasteiger partial charge in [0.2, 0.25) is 0 Å². The van der Waals surface area contributed by atoms with Gasteiger partial charge in [-0.1, -0.05) is 28.1 Å². The van der Waals surface area contributed by atoms with E-state index in [1.165, 1.54) is 5.56 Å². The Hall–Kier alpha value is -1.98. The third-order valence-corrected chi connectivity index (χ3v) is 6.61. The van der Waals surface area contributed by atoms with Crippen LogP contribution in [-0.2, 0) is 4.74 Å². The summed E-state index contributed by atoms with van der Waals surface area (Å²) in [5.74, 6) is 1.94. The number of halogens is 1. The molecular formula is C23H24BrNO3. The van der Waals surface area contributed by atoms with Gasteiger partial charge in [0, 0.05) is 28.2 Å². The van der Waals surface area contributed by atoms with Gasteiger partial charge in [-0.25, -0.2) is 0 Å². The fourth-order valence-electron chi connectivity index (χ4n) is 4.71. The third-order valence-electron chi connectivity index (χ3n) is 6.12. The number of benzene rings is 2. The monoisotopic (exact) mass is 441 g/mol. The number of aromatic hydroxyl groups is 1. The molecule has 2 heterocycles. The number of phenolic OH excluding ortho intramolecular Hbond substituents is 1. The number of rotatable bonds is 4. The van der Waals surface area contributed by atoms with E-state index in [1.54, 1.807) is 6.07 Å². The first-order valence-corrected chi connectivity index (χ1v) is 10.8. The third kappa shape index (κ3) is 3.31. The molecule has 5 rings (SSSR count). The maximum Gasteiger partial charge on any atom is 0.120 e. The Morgan fingerprint density at radius 2 is 2.11 bits per heavy atom. The highest BCUT2D eigenvalue weighted by molar-refractivity contribution is 9.10. The van der Waals surface area contributed by atoms with E-state index in [-0.39, 0.29) is 12.1 Å². The Morgan fingerprint density at radius 3 is 2.96 bits per heavy atom. The quantitative estimate of drug-likeness (QED) is 0.611. The van der Waals surface area contributed by atoms with Gasteiger partial charge >= 0.3 is 0 Å². The van der Waals surface area contributed by atoms with Crippen LogP contribution in [0, 0.1) is 5.92 Å². The SMILES string of the molecule is Oc1ccc(Br)cc1C1Nc2ccc(OCC3CCCO3)cc2C2C=CCC21. The number of fused-ring (bicyclic) bond motifs is 3. The summed E-state index contributed by atoms with van der Waals surface area (Å²) in [5, 5.41) is 14.1. The normalized spacial score (nSPS) is 27.9. The van der Waals surface area contributed by atoms with Crippen LogP contribution in [0.1, 0.15) is 42.3 Å². The molecule has 1 saturated heterocycles. The van der Waals surface area contributed by atoms with Crippen LogP contribution in [-0.4, -0.2) is 24.4 Å². The number of hydrogen-bond donors (Lipinski definition) is 2. The lowest BCUT2D eigenvalue weighted by Crippen LogP contribution is -2.29. The Bertz CT molecular complexity index is 907. The van der Waals surface area contributed by atoms with Crippen LogP contribution in [0.3, 0.4) is 0 Å². The van der Waals surface area contributed by atoms with Crippen LogP contribution >= 0.6 is 15.9 Å². The van der Waals surface area contributed by atoms with Crippen molar-refractivity contribution in [3.05, 3.63) is 64.1 Å². The van der Waals surface area contributed by atoms with Gasteiger partial charge in [0.1, 0.15) is 18.1 Å². The highest BCUT2D eigenvalue weighted by Crippen LogP contribution is 2.51. The first-order valence-electron chi connectivity index (χ1n) is 9.99. The minimum absolute atomic E-state index is 0.0728. The van der Waals surface area contributed by atoms with E-state index in [0.29, 0.717) is 24.2 Å². The maximum atomic E-state index is 10.5. The summed E-state index contributed by atoms with van der Waals surface area (Å²) in [6.07, 6.45) is 7.98. The van der Waals surface area contributed by atoms with E-state index in [9.17, 15) is 5.11 Å². The highest BCUT2D eigenvalue weighted by Gasteiger charge is 2.39. The fraction of sp³-hybridized carbons (Fsp3) is 0.391. The first kappa shape index (κ1) is 18.1. The van der Waals surface area contributed by atoms with Gasteiger partial charge in [0.15, 0.2) is 0 Å². The van der Waals surface area contributed by atoms with Crippen molar-refractivity contribution in [2.75, 3.05) is 18.5 Å². The van der Waals surface area contributed by atoms with Gasteiger partial charge in [-0.3, -0.25) is 0 Å². The first-order chi connectivity index (χ1) is 13.7. The molecular weight excluding hydrogens is 418 g/mol. The molecule has 1 fully saturated rings. The predicted molar refractivity (Wildman–Crippen MR) is 113 cm³/mol. The van der Waals surface area contributed by atoms with Crippen LogP contribution in [0.15, 0.2) is 53.0 Å². The smallest absolute Gasteiger partial charge is 0.120 e. The lowest BCUT2D eigenvalue weighted by molar-refractivity contribution is 0.0679. The molecule has 146 valence electrons. The van der Waals surface area contributed by atoms with Gasteiger partial charge in [-0.15, -0.1) is 0 Å². The van der Waals surface area contributed by atoms with Crippen molar-refractivity contribution in [2.45, 2.75) is 37.3 Å². The molecule has 0 spiro atoms. The van der Waals surface area contributed by atoms with Crippen molar-refractivity contribution in [3.8, 4) is 11.5 Å². The minimum Gasteiger partial charge on any atom is -0.508 e. The number of allylic oxidation sites excluding steroid dienone is 2. The Morgan fingerprint density at radius 1 is 1.18 bits per heavy atom. The second-order valence-corrected chi connectivity index (χ2v) is 8.79. The summed E-state index contributed by atoms with van der Waals surface area (Å²) in [4.78, 5) is 0. The topological polar surface area (TPSA) is 50.7 Å². The average Bonchev–Trinajstić information content (AvgIpc) is 3.39. The van der Waals surface area contributed by atoms with E-state index >= 15 is 0 Å². The van der Waals surface area contributed by atoms with Crippen molar-refractivity contribution in [1.82, 2.24) is 0 Å². The van der Waals surface area contributed by atoms with E-state index in [2.05, 4.69) is 45.5 Å². The minimum atomic E-state index is 0.0728. The largest absolute Gasteiger partial charge is 0.508 e. The standard InChI is InChI=1S/C23H24BrNO3/c24-14-6-9-22(26)20(11-14)23-18-5-1-4-17(18)19-12-15(7-8-21(19)25-23)28-13-16-3-2-10-27-16/h1,4,6-9,11-12,16-18,23,25-26H,2-3,5,10,13H2. The second kappa shape index (κ2) is 7.45. The summed E-state index contributed by atoms with van der Waals surface area (Å²) >= 11 is 3.54. The van der Waals surface area contributed by atoms with E-state index in [1.807, 2.05) is 18.2 Å². The number of ether oxygens (including phenoxy) is 2. The molecule has 0 aromatic heterocycles. The molecule has 4 atom stereocenters. The summed E-state index contributed by atoms with van der Waals surface area (Å²) in [7, 11) is 0. The second-order valence-electron chi connectivity index (χ2n) is 7.87. The molecule has 4 nitrogen and oxygen atoms in total. The Labute approximate surface area is 173 Å². The average molecular weight is 442 g/mol. The zero-order valence-electron chi connectivity index (χ0n) is 15.6. The molecule has 5 heteroatoms. The zero-order chi connectivity index (χ0) is 19.1. The molecule has 2 aromatic rings. The molecule has 3 aliphatic rings. The lowest BCUT2D eigenvalue weighted by atomic mass is 9.77. The van der Waals surface area contributed by atoms with Crippen LogP contribution in [0.4, 0.5) is 5.69 Å². The van der Waals surface area contributed by atoms with E-state index in [0.717, 1.165) is 47.3 Å². The van der Waals surface area contributed by atoms with E-state index in [4.69, 9.17) is 9.47 Å². The van der Waals surface area contributed by atoms with Crippen molar-refractivity contribution >= 4 is 21.6 Å². The molecule has 28 heavy (non-hydrogen) atoms. The molecule has 0 radical (unpaired) electrons. The number of anilines is 1. The van der Waals surface area contributed by atoms with Crippen LogP contribution in [0.5, 0.6) is 11.5 Å². The Balaban J connectivity index is 1.42. The van der Waals surface area contributed by atoms with Gasteiger partial charge in [0.25, 0.3) is 0 Å². The lowest BCUT2D eigenvalue weighted by Gasteiger charge is -2.38. The molecule has 1 aliphatic carbocycles. The summed E-state index contributed by atoms with van der Waals surface area (Å²) in [5.41, 5.74) is 3.33. The summed E-state index contributed by atoms with van der Waals surface area (Å²) in [6, 6.07) is 12.0. The molecule has 2 N–H and O–H groups in total. The van der Waals surface area contributed by atoms with Gasteiger partial charge < -0.3 is 19.9 Å². The number of nitrogens with one attached hydrogen (secondary N) is 1. The van der Waals surface area contributed by atoms with Crippen molar-refractivity contribution in [1.29, 1.82) is 0 Å². The number of hydrogen-bond acceptors (Lipinski definition) is 4. The van der Waals surface area contributed by atoms with Crippen molar-refractivity contribution < 1.29 is 14.6 Å². The molecule has 0 bridgehead atoms. The Kier molecular flexibility index (Phi) is 4.81. The van der Waals surface area contributed by atoms with Crippen LogP contribution in [0.25, 0.3) is 0 Å². The molecule has 2 aromatic carbocycles. The van der Waals surface area contributed by atoms with E-state index < -0.39 is 0 Å². The van der Waals surface area contributed by atoms with Gasteiger partial charge in [-0.2, -0.15) is 0 Å². The van der Waals surface area contributed by atoms with Gasteiger partial charge in [0.05, 0.1) is 12.1 Å². The van der Waals surface area contributed by atoms with Crippen molar-refractivity contribution in [2.24, 2.45) is 5.92 Å². The van der Waals surface area contributed by atoms with Gasteiger partial charge in [-0.05, 0) is 67.1 Å². The summed E-state index contributed by atoms with van der Waals surface area (Å²) in [6.45, 7) is 1.46. The number of phenols is 1. The maximum absolute atomic E-state index is 10.5. The van der Waals surface area contributed by atoms with Crippen LogP contribution < -0.4 is 10.1 Å². The summed E-state index contributed by atoms with van der Waals surface area (Å²) < 4.78 is 12.7. The highest BCUT2D eigenvalue weighted by atomic mass is 79.9. The predicted octanol–water partition coefficient (Wildman–Crippen LogP) is 5.54. The molecule has 2 aliphatic heterocycles. The van der Waals surface area contributed by atoms with Crippen molar-refractivity contribution in [3.63, 3.8) is 0 Å².